The van der Waals surface area contributed by atoms with Crippen molar-refractivity contribution in [2.45, 2.75) is 64.3 Å². The number of rotatable bonds is 5. The maximum atomic E-state index is 13.0. The highest BCUT2D eigenvalue weighted by Gasteiger charge is 2.54. The number of phenolic OH excluding ortho intramolecular Hbond substituents is 2. The van der Waals surface area contributed by atoms with E-state index in [2.05, 4.69) is 18.7 Å². The van der Waals surface area contributed by atoms with Crippen molar-refractivity contribution in [2.75, 3.05) is 6.54 Å². The first-order valence-electron chi connectivity index (χ1n) is 10.7. The van der Waals surface area contributed by atoms with Gasteiger partial charge in [0.25, 0.3) is 0 Å². The third-order valence-electron chi connectivity index (χ3n) is 6.22. The number of para-hydroxylation sites is 2. The van der Waals surface area contributed by atoms with Crippen molar-refractivity contribution in [1.82, 2.24) is 4.90 Å². The number of esters is 2. The Morgan fingerprint density at radius 1 is 0.906 bits per heavy atom. The van der Waals surface area contributed by atoms with Crippen LogP contribution in [-0.4, -0.2) is 56.9 Å². The summed E-state index contributed by atoms with van der Waals surface area (Å²) in [6.07, 6.45) is -1.15. The van der Waals surface area contributed by atoms with Crippen molar-refractivity contribution < 1.29 is 29.3 Å². The van der Waals surface area contributed by atoms with Gasteiger partial charge in [-0.2, -0.15) is 0 Å². The average molecular weight is 442 g/mol. The largest absolute Gasteiger partial charge is 0.507 e. The fourth-order valence-electron chi connectivity index (χ4n) is 4.93. The Hall–Kier alpha value is -3.06. The first-order chi connectivity index (χ1) is 15.0. The summed E-state index contributed by atoms with van der Waals surface area (Å²) in [6, 6.07) is 12.3. The molecule has 2 atom stereocenters. The third-order valence-corrected chi connectivity index (χ3v) is 6.22. The van der Waals surface area contributed by atoms with Crippen LogP contribution >= 0.6 is 0 Å². The minimum atomic E-state index is -0.808. The number of likely N-dealkylation sites (tertiary alicyclic amines) is 1. The predicted octanol–water partition coefficient (Wildman–Crippen LogP) is 4.13. The van der Waals surface area contributed by atoms with Crippen LogP contribution in [0.2, 0.25) is 0 Å². The van der Waals surface area contributed by atoms with Crippen molar-refractivity contribution in [1.29, 1.82) is 0 Å². The van der Waals surface area contributed by atoms with E-state index in [4.69, 9.17) is 9.47 Å². The predicted molar refractivity (Wildman–Crippen MR) is 120 cm³/mol. The number of ether oxygens (including phenoxy) is 2. The molecule has 0 aliphatic carbocycles. The van der Waals surface area contributed by atoms with E-state index in [9.17, 15) is 19.8 Å². The molecule has 0 spiro atoms. The van der Waals surface area contributed by atoms with E-state index >= 15 is 0 Å². The lowest BCUT2D eigenvalue weighted by Gasteiger charge is -2.57. The molecule has 2 unspecified atom stereocenters. The van der Waals surface area contributed by atoms with Crippen molar-refractivity contribution in [3.63, 3.8) is 0 Å². The zero-order valence-corrected chi connectivity index (χ0v) is 19.2. The van der Waals surface area contributed by atoms with E-state index in [1.807, 2.05) is 20.8 Å². The number of carbonyl (C=O) groups is 2. The third kappa shape index (κ3) is 4.43. The summed E-state index contributed by atoms with van der Waals surface area (Å²) in [7, 11) is 0. The van der Waals surface area contributed by atoms with Gasteiger partial charge in [0, 0.05) is 12.0 Å². The summed E-state index contributed by atoms with van der Waals surface area (Å²) in [4.78, 5) is 28.1. The minimum Gasteiger partial charge on any atom is -0.507 e. The number of aromatic hydroxyl groups is 2. The van der Waals surface area contributed by atoms with Crippen LogP contribution in [0.5, 0.6) is 11.5 Å². The van der Waals surface area contributed by atoms with E-state index in [-0.39, 0.29) is 28.2 Å². The number of phenols is 2. The number of piperidine rings is 1. The molecule has 2 N–H and O–H groups in total. The van der Waals surface area contributed by atoms with Gasteiger partial charge in [-0.15, -0.1) is 0 Å². The molecule has 0 amide bonds. The van der Waals surface area contributed by atoms with Gasteiger partial charge >= 0.3 is 11.9 Å². The molecular formula is C25H31NO6. The fraction of sp³-hybridized carbons (Fsp3) is 0.440. The van der Waals surface area contributed by atoms with Crippen LogP contribution in [0.25, 0.3) is 0 Å². The van der Waals surface area contributed by atoms with E-state index in [0.29, 0.717) is 13.0 Å². The quantitative estimate of drug-likeness (QED) is 0.674. The monoisotopic (exact) mass is 441 g/mol. The summed E-state index contributed by atoms with van der Waals surface area (Å²) >= 11 is 0. The molecule has 0 aromatic heterocycles. The summed E-state index contributed by atoms with van der Waals surface area (Å²) < 4.78 is 11.7. The van der Waals surface area contributed by atoms with Gasteiger partial charge in [0.15, 0.2) is 6.10 Å². The molecule has 1 aliphatic heterocycles. The van der Waals surface area contributed by atoms with E-state index in [0.717, 1.165) is 0 Å². The summed E-state index contributed by atoms with van der Waals surface area (Å²) in [5.74, 6) is -1.74. The van der Waals surface area contributed by atoms with Gasteiger partial charge < -0.3 is 19.7 Å². The number of carbonyl (C=O) groups excluding carboxylic acids is 2. The Labute approximate surface area is 188 Å². The molecule has 7 nitrogen and oxygen atoms in total. The van der Waals surface area contributed by atoms with Gasteiger partial charge in [-0.1, -0.05) is 31.2 Å². The number of benzene rings is 2. The Morgan fingerprint density at radius 3 is 1.84 bits per heavy atom. The normalized spacial score (nSPS) is 22.2. The molecular weight excluding hydrogens is 410 g/mol. The molecule has 32 heavy (non-hydrogen) atoms. The smallest absolute Gasteiger partial charge is 0.342 e. The first-order valence-corrected chi connectivity index (χ1v) is 10.7. The standard InChI is InChI=1S/C25H31NO6/c1-6-26-24(2,3)15-20(31-22(29)16-11-7-9-13-18(16)27)21(25(26,4)5)32-23(30)17-12-8-10-14-19(17)28/h7-14,20-21,27-28H,6,15H2,1-5H3. The lowest BCUT2D eigenvalue weighted by atomic mass is 9.75. The molecule has 2 aromatic rings. The van der Waals surface area contributed by atoms with Crippen LogP contribution in [0.3, 0.4) is 0 Å². The molecule has 0 bridgehead atoms. The maximum Gasteiger partial charge on any atom is 0.342 e. The second-order valence-corrected chi connectivity index (χ2v) is 9.22. The topological polar surface area (TPSA) is 96.3 Å². The molecule has 172 valence electrons. The molecule has 2 aromatic carbocycles. The van der Waals surface area contributed by atoms with Gasteiger partial charge in [-0.3, -0.25) is 4.90 Å². The van der Waals surface area contributed by atoms with Gasteiger partial charge in [0.1, 0.15) is 28.7 Å². The second-order valence-electron chi connectivity index (χ2n) is 9.22. The van der Waals surface area contributed by atoms with Crippen molar-refractivity contribution in [3.05, 3.63) is 59.7 Å². The molecule has 3 rings (SSSR count). The van der Waals surface area contributed by atoms with Crippen molar-refractivity contribution in [3.8, 4) is 11.5 Å². The lowest BCUT2D eigenvalue weighted by molar-refractivity contribution is -0.164. The summed E-state index contributed by atoms with van der Waals surface area (Å²) in [5, 5.41) is 20.2. The SMILES string of the molecule is CCN1C(C)(C)CC(OC(=O)c2ccccc2O)C(OC(=O)c2ccccc2O)C1(C)C. The number of likely N-dealkylation sites (N-methyl/N-ethyl adjacent to an activating group) is 1. The highest BCUT2D eigenvalue weighted by atomic mass is 16.6. The van der Waals surface area contributed by atoms with E-state index in [1.165, 1.54) is 24.3 Å². The zero-order chi connectivity index (χ0) is 23.7. The Bertz CT molecular complexity index is 999. The van der Waals surface area contributed by atoms with Gasteiger partial charge in [0.05, 0.1) is 5.54 Å². The average Bonchev–Trinajstić information content (AvgIpc) is 2.70. The van der Waals surface area contributed by atoms with Crippen LogP contribution in [0.15, 0.2) is 48.5 Å². The van der Waals surface area contributed by atoms with Crippen LogP contribution in [0, 0.1) is 0 Å². The molecule has 7 heteroatoms. The van der Waals surface area contributed by atoms with Gasteiger partial charge in [-0.25, -0.2) is 9.59 Å². The molecule has 1 fully saturated rings. The zero-order valence-electron chi connectivity index (χ0n) is 19.2. The van der Waals surface area contributed by atoms with E-state index < -0.39 is 29.7 Å². The van der Waals surface area contributed by atoms with Crippen LogP contribution in [0.4, 0.5) is 0 Å². The molecule has 1 aliphatic rings. The van der Waals surface area contributed by atoms with Crippen LogP contribution in [-0.2, 0) is 9.47 Å². The Balaban J connectivity index is 1.96. The maximum absolute atomic E-state index is 13.0. The Kier molecular flexibility index (Phi) is 6.51. The minimum absolute atomic E-state index is 0.0435. The highest BCUT2D eigenvalue weighted by molar-refractivity contribution is 5.93. The molecule has 0 radical (unpaired) electrons. The van der Waals surface area contributed by atoms with Crippen LogP contribution < -0.4 is 0 Å². The lowest BCUT2D eigenvalue weighted by Crippen LogP contribution is -2.70. The Morgan fingerprint density at radius 2 is 1.38 bits per heavy atom. The number of hydrogen-bond acceptors (Lipinski definition) is 7. The number of nitrogens with zero attached hydrogens (tertiary/aromatic N) is 1. The summed E-state index contributed by atoms with van der Waals surface area (Å²) in [6.45, 7) is 10.7. The molecule has 1 saturated heterocycles. The molecule has 0 saturated carbocycles. The first kappa shape index (κ1) is 23.6. The van der Waals surface area contributed by atoms with Gasteiger partial charge in [-0.05, 0) is 58.5 Å². The van der Waals surface area contributed by atoms with Crippen LogP contribution in [0.1, 0.15) is 61.8 Å². The van der Waals surface area contributed by atoms with Crippen molar-refractivity contribution >= 4 is 11.9 Å². The van der Waals surface area contributed by atoms with E-state index in [1.54, 1.807) is 24.3 Å². The summed E-state index contributed by atoms with van der Waals surface area (Å²) in [5.41, 5.74) is -0.936. The van der Waals surface area contributed by atoms with Crippen molar-refractivity contribution in [2.24, 2.45) is 0 Å². The number of hydrogen-bond donors (Lipinski definition) is 2. The second kappa shape index (κ2) is 8.82. The molecule has 1 heterocycles. The van der Waals surface area contributed by atoms with Gasteiger partial charge in [0.2, 0.25) is 0 Å². The fourth-order valence-corrected chi connectivity index (χ4v) is 4.93. The highest BCUT2D eigenvalue weighted by Crippen LogP contribution is 2.42.